The number of hydrogen-bond acceptors (Lipinski definition) is 21. The summed E-state index contributed by atoms with van der Waals surface area (Å²) in [6.07, 6.45) is -3.05. The van der Waals surface area contributed by atoms with Crippen LogP contribution in [0, 0.1) is 11.8 Å². The predicted molar refractivity (Wildman–Crippen MR) is 326 cm³/mol. The summed E-state index contributed by atoms with van der Waals surface area (Å²) in [5.41, 5.74) is 6.04. The second-order valence-corrected chi connectivity index (χ2v) is 27.7. The molecule has 0 unspecified atom stereocenters. The standard InChI is InChI=1S/C54H81N13O17S4/c1-24(2)15-32-45(74)59-33(16-29-10-12-30(69)13-11-29)46(75)63-37(54(83)84)23-88-87-21-35-47(76)57-27(6)44(73)65-42(28(7)68)53(82)67-19-31(70)17-39(67)52(81)66-14-8-9-38(66)50(79)62-36(22-86-85-20-34(49(78)61-35)58-40(71)18-55)48(77)56-26(5)43(72)64-41(25(3)4)51(80)60-32/h10-13,24-28,31-39,41-42,68-70H,8-9,14-23,55H2,1-7H3,(H,56,77)(H,57,76)(H,58,71)(H,59,74)(H,60,80)(H,61,78)(H,62,79)(H,63,75)(H,64,72)(H,65,73)(H,83,84)/t26-,27-,28-,31+,32-,33-,34-,35-,36-,37-,38-,39-,41-,42-/m0/s1. The van der Waals surface area contributed by atoms with Crippen LogP contribution >= 0.6 is 43.2 Å². The van der Waals surface area contributed by atoms with Crippen LogP contribution in [0.25, 0.3) is 0 Å². The molecule has 4 aliphatic rings. The van der Waals surface area contributed by atoms with Gasteiger partial charge in [-0.3, -0.25) is 57.5 Å². The minimum Gasteiger partial charge on any atom is -0.508 e. The highest BCUT2D eigenvalue weighted by molar-refractivity contribution is 8.77. The van der Waals surface area contributed by atoms with E-state index in [1.807, 2.05) is 0 Å². The lowest BCUT2D eigenvalue weighted by Crippen LogP contribution is -2.61. The van der Waals surface area contributed by atoms with Crippen LogP contribution in [0.3, 0.4) is 0 Å². The van der Waals surface area contributed by atoms with Gasteiger partial charge in [0.15, 0.2) is 0 Å². The number of nitrogens with one attached hydrogen (secondary N) is 10. The minimum atomic E-state index is -1.77. The molecule has 16 N–H and O–H groups in total. The maximum absolute atomic E-state index is 14.5. The summed E-state index contributed by atoms with van der Waals surface area (Å²) in [7, 11) is 3.53. The number of phenols is 1. The molecule has 0 radical (unpaired) electrons. The van der Waals surface area contributed by atoms with Crippen molar-refractivity contribution >= 4 is 120 Å². The van der Waals surface area contributed by atoms with Crippen molar-refractivity contribution in [3.63, 3.8) is 0 Å². The zero-order valence-electron chi connectivity index (χ0n) is 49.7. The Bertz CT molecular complexity index is 2730. The highest BCUT2D eigenvalue weighted by Crippen LogP contribution is 2.29. The Morgan fingerprint density at radius 2 is 1.17 bits per heavy atom. The van der Waals surface area contributed by atoms with E-state index in [4.69, 9.17) is 5.73 Å². The molecule has 12 amide bonds. The summed E-state index contributed by atoms with van der Waals surface area (Å²) >= 11 is 0. The molecule has 1 aromatic rings. The quantitative estimate of drug-likeness (QED) is 0.104. The summed E-state index contributed by atoms with van der Waals surface area (Å²) in [6, 6.07) is -12.2. The smallest absolute Gasteiger partial charge is 0.327 e. The Hall–Kier alpha value is -6.59. The van der Waals surface area contributed by atoms with Crippen molar-refractivity contribution in [1.82, 2.24) is 63.0 Å². The van der Waals surface area contributed by atoms with E-state index in [1.54, 1.807) is 27.7 Å². The lowest BCUT2D eigenvalue weighted by molar-refractivity contribution is -0.149. The Kier molecular flexibility index (Phi) is 27.7. The van der Waals surface area contributed by atoms with E-state index >= 15 is 0 Å². The van der Waals surface area contributed by atoms with Gasteiger partial charge in [0, 0.05) is 48.9 Å². The number of hydrogen-bond donors (Lipinski definition) is 15. The number of rotatable bonds is 9. The van der Waals surface area contributed by atoms with E-state index in [0.29, 0.717) is 5.56 Å². The molecule has 0 spiro atoms. The Balaban J connectivity index is 1.61. The van der Waals surface area contributed by atoms with Crippen molar-refractivity contribution in [3.05, 3.63) is 29.8 Å². The molecule has 4 fully saturated rings. The Morgan fingerprint density at radius 3 is 1.73 bits per heavy atom. The Morgan fingerprint density at radius 1 is 0.625 bits per heavy atom. The number of amides is 12. The van der Waals surface area contributed by atoms with Crippen molar-refractivity contribution in [1.29, 1.82) is 0 Å². The van der Waals surface area contributed by atoms with Gasteiger partial charge in [-0.2, -0.15) is 0 Å². The molecule has 2 bridgehead atoms. The second kappa shape index (κ2) is 33.8. The third-order valence-electron chi connectivity index (χ3n) is 14.7. The van der Waals surface area contributed by atoms with E-state index in [0.717, 1.165) is 48.1 Å². The summed E-state index contributed by atoms with van der Waals surface area (Å²) < 4.78 is 0. The molecule has 5 rings (SSSR count). The summed E-state index contributed by atoms with van der Waals surface area (Å²) in [5, 5.41) is 67.7. The molecule has 488 valence electrons. The summed E-state index contributed by atoms with van der Waals surface area (Å²) in [6.45, 7) is 9.45. The predicted octanol–water partition coefficient (Wildman–Crippen LogP) is -4.31. The summed E-state index contributed by atoms with van der Waals surface area (Å²) in [4.78, 5) is 185. The number of fused-ring (bicyclic) bond motifs is 10. The van der Waals surface area contributed by atoms with Crippen molar-refractivity contribution in [2.75, 3.05) is 42.6 Å². The van der Waals surface area contributed by atoms with E-state index in [2.05, 4.69) is 53.2 Å². The fraction of sp³-hybridized carbons (Fsp3) is 0.648. The Labute approximate surface area is 524 Å². The first-order valence-corrected chi connectivity index (χ1v) is 33.7. The molecule has 34 heteroatoms. The molecule has 0 aliphatic carbocycles. The topological polar surface area (TPSA) is 456 Å². The molecule has 30 nitrogen and oxygen atoms in total. The fourth-order valence-electron chi connectivity index (χ4n) is 9.77. The monoisotopic (exact) mass is 1310 g/mol. The second-order valence-electron chi connectivity index (χ2n) is 22.6. The van der Waals surface area contributed by atoms with E-state index in [9.17, 15) is 82.8 Å². The van der Waals surface area contributed by atoms with Crippen LogP contribution in [0.2, 0.25) is 0 Å². The van der Waals surface area contributed by atoms with E-state index < -0.39 is 186 Å². The third kappa shape index (κ3) is 20.7. The maximum atomic E-state index is 14.5. The van der Waals surface area contributed by atoms with Crippen LogP contribution in [0.15, 0.2) is 24.3 Å². The highest BCUT2D eigenvalue weighted by atomic mass is 33.1. The van der Waals surface area contributed by atoms with Crippen molar-refractivity contribution in [2.24, 2.45) is 17.6 Å². The van der Waals surface area contributed by atoms with Crippen molar-refractivity contribution in [2.45, 2.75) is 165 Å². The van der Waals surface area contributed by atoms with Gasteiger partial charge in [-0.15, -0.1) is 0 Å². The normalized spacial score (nSPS) is 30.0. The van der Waals surface area contributed by atoms with Crippen LogP contribution in [0.5, 0.6) is 5.75 Å². The number of nitrogens with zero attached hydrogens (tertiary/aromatic N) is 2. The average Bonchev–Trinajstić information content (AvgIpc) is 4.06. The highest BCUT2D eigenvalue weighted by Gasteiger charge is 2.48. The van der Waals surface area contributed by atoms with Gasteiger partial charge in [-0.25, -0.2) is 4.79 Å². The van der Waals surface area contributed by atoms with Gasteiger partial charge in [-0.1, -0.05) is 83.0 Å². The average molecular weight is 1310 g/mol. The third-order valence-corrected chi connectivity index (χ3v) is 19.5. The van der Waals surface area contributed by atoms with Crippen LogP contribution in [0.1, 0.15) is 79.7 Å². The number of aliphatic carboxylic acids is 1. The number of benzene rings is 1. The number of carbonyl (C=O) groups is 13. The first-order chi connectivity index (χ1) is 41.5. The molecule has 0 saturated carbocycles. The number of carbonyl (C=O) groups excluding carboxylic acids is 12. The first-order valence-electron chi connectivity index (χ1n) is 28.7. The molecule has 4 aliphatic heterocycles. The molecule has 14 atom stereocenters. The van der Waals surface area contributed by atoms with Gasteiger partial charge in [-0.05, 0) is 69.6 Å². The fourth-order valence-corrected chi connectivity index (χ4v) is 14.4. The lowest BCUT2D eigenvalue weighted by Gasteiger charge is -2.34. The number of nitrogens with two attached hydrogens (primary N) is 1. The van der Waals surface area contributed by atoms with Gasteiger partial charge >= 0.3 is 5.97 Å². The van der Waals surface area contributed by atoms with Gasteiger partial charge in [0.1, 0.15) is 78.3 Å². The van der Waals surface area contributed by atoms with Crippen molar-refractivity contribution in [3.8, 4) is 5.75 Å². The van der Waals surface area contributed by atoms with Crippen LogP contribution in [0.4, 0.5) is 0 Å². The van der Waals surface area contributed by atoms with Crippen LogP contribution in [-0.4, -0.2) is 234 Å². The van der Waals surface area contributed by atoms with Crippen LogP contribution < -0.4 is 58.9 Å². The minimum absolute atomic E-state index is 0.00289. The number of aromatic hydroxyl groups is 1. The molecule has 4 heterocycles. The van der Waals surface area contributed by atoms with Gasteiger partial charge in [0.05, 0.1) is 18.8 Å². The number of carboxylic acids is 1. The summed E-state index contributed by atoms with van der Waals surface area (Å²) in [5.74, 6) is -14.8. The molecule has 0 aromatic heterocycles. The zero-order chi connectivity index (χ0) is 65.3. The molecular formula is C54H81N13O17S4. The largest absolute Gasteiger partial charge is 0.508 e. The van der Waals surface area contributed by atoms with Gasteiger partial charge in [0.2, 0.25) is 70.9 Å². The zero-order valence-corrected chi connectivity index (χ0v) is 53.0. The first kappa shape index (κ1) is 72.2. The maximum Gasteiger partial charge on any atom is 0.327 e. The number of aliphatic hydroxyl groups excluding tert-OH is 2. The van der Waals surface area contributed by atoms with E-state index in [1.165, 1.54) is 49.9 Å². The van der Waals surface area contributed by atoms with Gasteiger partial charge < -0.3 is 89.1 Å². The van der Waals surface area contributed by atoms with Crippen LogP contribution in [-0.2, 0) is 68.7 Å². The number of phenolic OH excluding ortho intramolecular Hbond substituents is 1. The number of aliphatic hydroxyl groups is 2. The molecule has 1 aromatic carbocycles. The molecule has 88 heavy (non-hydrogen) atoms. The van der Waals surface area contributed by atoms with E-state index in [-0.39, 0.29) is 67.6 Å². The molecule has 4 saturated heterocycles. The SMILES string of the molecule is CC(C)C[C@@H]1NC(=O)[C@H](C(C)C)NC(=O)[C@H](C)NC(=O)[C@@H]2CSSC[C@H](NC(=O)CN)C(=O)N[C@@H](CSSC[C@@H](C(=O)O)NC(=O)[C@H](Cc3ccc(O)cc3)NC1=O)C(=O)N[C@@H](C)C(=O)N[C@@H]([C@H](C)O)C(=O)N1C[C@H](O)C[C@H]1C(=O)N1CCC[C@H]1C(=O)N2. The van der Waals surface area contributed by atoms with Crippen molar-refractivity contribution < 1.29 is 82.8 Å². The molecular weight excluding hydrogens is 1230 g/mol. The lowest BCUT2D eigenvalue weighted by atomic mass is 9.98. The van der Waals surface area contributed by atoms with Gasteiger partial charge in [0.25, 0.3) is 0 Å². The number of carboxylic acid groups (broad SMARTS) is 1.